The Bertz CT molecular complexity index is 74.5. The summed E-state index contributed by atoms with van der Waals surface area (Å²) in [5.41, 5.74) is 0. The Morgan fingerprint density at radius 2 is 2.12 bits per heavy atom. The summed E-state index contributed by atoms with van der Waals surface area (Å²) in [5.74, 6) is 0.214. The lowest BCUT2D eigenvalue weighted by molar-refractivity contribution is -0.122. The minimum absolute atomic E-state index is 0. The molecular weight excluding hydrogens is 106 g/mol. The molecule has 0 saturated carbocycles. The van der Waals surface area contributed by atoms with Crippen LogP contribution in [0.2, 0.25) is 0 Å². The standard InChI is InChI=1S/C5H9NO.O/c7-5-3-1-2-4-6-5;/h1-4H2,(H,6,7);. The molecule has 1 aliphatic heterocycles. The van der Waals surface area contributed by atoms with E-state index in [0.29, 0.717) is 0 Å². The van der Waals surface area contributed by atoms with Gasteiger partial charge in [-0.3, -0.25) is 4.79 Å². The van der Waals surface area contributed by atoms with Crippen molar-refractivity contribution in [2.75, 3.05) is 6.54 Å². The Hall–Kier alpha value is -0.570. The van der Waals surface area contributed by atoms with E-state index in [4.69, 9.17) is 0 Å². The van der Waals surface area contributed by atoms with Gasteiger partial charge in [0, 0.05) is 18.4 Å². The summed E-state index contributed by atoms with van der Waals surface area (Å²) in [6, 6.07) is 0. The second kappa shape index (κ2) is 3.43. The summed E-state index contributed by atoms with van der Waals surface area (Å²) in [6.07, 6.45) is 2.97. The van der Waals surface area contributed by atoms with Gasteiger partial charge in [0.15, 0.2) is 0 Å². The van der Waals surface area contributed by atoms with Crippen LogP contribution >= 0.6 is 0 Å². The molecule has 1 fully saturated rings. The third-order valence-electron chi connectivity index (χ3n) is 1.15. The summed E-state index contributed by atoms with van der Waals surface area (Å²) < 4.78 is 0. The van der Waals surface area contributed by atoms with E-state index in [1.54, 1.807) is 0 Å². The average Bonchev–Trinajstić information content (AvgIpc) is 1.69. The van der Waals surface area contributed by atoms with E-state index in [2.05, 4.69) is 5.32 Å². The first-order chi connectivity index (χ1) is 3.39. The molecule has 0 unspecified atom stereocenters. The molecule has 3 heteroatoms. The number of piperidine rings is 1. The van der Waals surface area contributed by atoms with E-state index >= 15 is 0 Å². The molecule has 0 spiro atoms. The first kappa shape index (κ1) is 7.43. The Labute approximate surface area is 48.4 Å². The molecule has 1 aliphatic rings. The lowest BCUT2D eigenvalue weighted by atomic mass is 10.2. The normalized spacial score (nSPS) is 18.8. The number of hydrogen-bond acceptors (Lipinski definition) is 1. The molecule has 1 N–H and O–H groups in total. The van der Waals surface area contributed by atoms with Gasteiger partial charge in [-0.2, -0.15) is 0 Å². The molecule has 0 bridgehead atoms. The second-order valence-electron chi connectivity index (χ2n) is 1.81. The molecule has 8 heavy (non-hydrogen) atoms. The predicted molar refractivity (Wildman–Crippen MR) is 27.5 cm³/mol. The van der Waals surface area contributed by atoms with Crippen LogP contribution in [0, 0.1) is 0 Å². The SMILES string of the molecule is O=C1CCCCN1.[O]. The van der Waals surface area contributed by atoms with Gasteiger partial charge in [0.25, 0.3) is 0 Å². The number of amides is 1. The average molecular weight is 115 g/mol. The van der Waals surface area contributed by atoms with Gasteiger partial charge in [-0.25, -0.2) is 0 Å². The summed E-state index contributed by atoms with van der Waals surface area (Å²) in [6.45, 7) is 0.888. The lowest BCUT2D eigenvalue weighted by Crippen LogP contribution is -2.28. The van der Waals surface area contributed by atoms with E-state index in [1.807, 2.05) is 0 Å². The van der Waals surface area contributed by atoms with Crippen LogP contribution in [0.1, 0.15) is 19.3 Å². The highest BCUT2D eigenvalue weighted by molar-refractivity contribution is 5.76. The zero-order valence-corrected chi connectivity index (χ0v) is 4.64. The maximum atomic E-state index is 10.4. The van der Waals surface area contributed by atoms with Crippen molar-refractivity contribution in [1.29, 1.82) is 0 Å². The van der Waals surface area contributed by atoms with Crippen LogP contribution in [0.25, 0.3) is 0 Å². The van der Waals surface area contributed by atoms with Gasteiger partial charge in [0.2, 0.25) is 5.91 Å². The van der Waals surface area contributed by atoms with Crippen LogP contribution in [0.5, 0.6) is 0 Å². The van der Waals surface area contributed by atoms with Crippen molar-refractivity contribution in [1.82, 2.24) is 5.32 Å². The van der Waals surface area contributed by atoms with Gasteiger partial charge in [-0.05, 0) is 12.8 Å². The zero-order valence-electron chi connectivity index (χ0n) is 4.64. The van der Waals surface area contributed by atoms with Crippen LogP contribution in [-0.4, -0.2) is 12.5 Å². The summed E-state index contributed by atoms with van der Waals surface area (Å²) >= 11 is 0. The molecule has 0 atom stereocenters. The highest BCUT2D eigenvalue weighted by Crippen LogP contribution is 1.98. The van der Waals surface area contributed by atoms with Gasteiger partial charge in [-0.15, -0.1) is 0 Å². The van der Waals surface area contributed by atoms with Gasteiger partial charge in [0.1, 0.15) is 0 Å². The van der Waals surface area contributed by atoms with Gasteiger partial charge in [-0.1, -0.05) is 0 Å². The maximum absolute atomic E-state index is 10.4. The minimum atomic E-state index is 0. The molecule has 0 aromatic rings. The van der Waals surface area contributed by atoms with E-state index in [-0.39, 0.29) is 11.4 Å². The first-order valence-electron chi connectivity index (χ1n) is 2.66. The fourth-order valence-corrected chi connectivity index (χ4v) is 0.727. The Balaban J connectivity index is 0.000000490. The molecule has 1 heterocycles. The molecule has 0 aromatic carbocycles. The Kier molecular flexibility index (Phi) is 3.19. The second-order valence-corrected chi connectivity index (χ2v) is 1.81. The zero-order chi connectivity index (χ0) is 5.11. The third kappa shape index (κ3) is 1.93. The van der Waals surface area contributed by atoms with Crippen LogP contribution in [0.15, 0.2) is 0 Å². The van der Waals surface area contributed by atoms with E-state index in [0.717, 1.165) is 25.8 Å². The fourth-order valence-electron chi connectivity index (χ4n) is 0.727. The lowest BCUT2D eigenvalue weighted by Gasteiger charge is -2.08. The quantitative estimate of drug-likeness (QED) is 0.480. The van der Waals surface area contributed by atoms with Crippen molar-refractivity contribution in [3.63, 3.8) is 0 Å². The highest BCUT2D eigenvalue weighted by Gasteiger charge is 2.04. The smallest absolute Gasteiger partial charge is 0.219 e. The van der Waals surface area contributed by atoms with Crippen molar-refractivity contribution in [3.8, 4) is 0 Å². The topological polar surface area (TPSA) is 57.6 Å². The summed E-state index contributed by atoms with van der Waals surface area (Å²) in [7, 11) is 0. The summed E-state index contributed by atoms with van der Waals surface area (Å²) in [5, 5.41) is 2.74. The monoisotopic (exact) mass is 115 g/mol. The summed E-state index contributed by atoms with van der Waals surface area (Å²) in [4.78, 5) is 10.4. The van der Waals surface area contributed by atoms with E-state index < -0.39 is 0 Å². The van der Waals surface area contributed by atoms with Crippen LogP contribution in [0.4, 0.5) is 0 Å². The Morgan fingerprint density at radius 1 is 1.38 bits per heavy atom. The molecule has 2 radical (unpaired) electrons. The molecule has 0 aromatic heterocycles. The number of carbonyl (C=O) groups is 1. The molecule has 1 saturated heterocycles. The van der Waals surface area contributed by atoms with Crippen molar-refractivity contribution in [2.45, 2.75) is 19.3 Å². The Morgan fingerprint density at radius 3 is 2.38 bits per heavy atom. The maximum Gasteiger partial charge on any atom is 0.219 e. The number of carbonyl (C=O) groups excluding carboxylic acids is 1. The number of rotatable bonds is 0. The molecule has 1 rings (SSSR count). The van der Waals surface area contributed by atoms with Crippen molar-refractivity contribution < 1.29 is 10.3 Å². The molecule has 0 aliphatic carbocycles. The van der Waals surface area contributed by atoms with Crippen LogP contribution < -0.4 is 5.32 Å². The van der Waals surface area contributed by atoms with E-state index in [1.165, 1.54) is 0 Å². The molecule has 46 valence electrons. The largest absolute Gasteiger partial charge is 0.356 e. The molecule has 1 amide bonds. The van der Waals surface area contributed by atoms with Gasteiger partial charge < -0.3 is 5.32 Å². The van der Waals surface area contributed by atoms with E-state index in [9.17, 15) is 4.79 Å². The van der Waals surface area contributed by atoms with Gasteiger partial charge in [0.05, 0.1) is 0 Å². The molecule has 3 nitrogen and oxygen atoms in total. The van der Waals surface area contributed by atoms with Crippen LogP contribution in [-0.2, 0) is 10.3 Å². The third-order valence-corrected chi connectivity index (χ3v) is 1.15. The van der Waals surface area contributed by atoms with Crippen molar-refractivity contribution in [3.05, 3.63) is 0 Å². The fraction of sp³-hybridized carbons (Fsp3) is 0.800. The van der Waals surface area contributed by atoms with Gasteiger partial charge >= 0.3 is 0 Å². The first-order valence-corrected chi connectivity index (χ1v) is 2.66. The highest BCUT2D eigenvalue weighted by atomic mass is 16.1. The predicted octanol–water partition coefficient (Wildman–Crippen LogP) is 0.168. The molecular formula is C5H9NO2. The van der Waals surface area contributed by atoms with Crippen LogP contribution in [0.3, 0.4) is 0 Å². The van der Waals surface area contributed by atoms with Crippen molar-refractivity contribution >= 4 is 5.91 Å². The van der Waals surface area contributed by atoms with Crippen molar-refractivity contribution in [2.24, 2.45) is 0 Å². The number of nitrogens with one attached hydrogen (secondary N) is 1. The minimum Gasteiger partial charge on any atom is -0.356 e. The number of hydrogen-bond donors (Lipinski definition) is 1.